The summed E-state index contributed by atoms with van der Waals surface area (Å²) in [6, 6.07) is -5.97. The van der Waals surface area contributed by atoms with Gasteiger partial charge in [0.15, 0.2) is 0 Å². The van der Waals surface area contributed by atoms with Crippen LogP contribution < -0.4 is 42.5 Å². The smallest absolute Gasteiger partial charge is 0.246 e. The van der Waals surface area contributed by atoms with Gasteiger partial charge in [-0.1, -0.05) is 107 Å². The van der Waals surface area contributed by atoms with Gasteiger partial charge in [0, 0.05) is 44.4 Å². The normalized spacial score (nSPS) is 17.6. The molecule has 10 N–H and O–H groups in total. The largest absolute Gasteiger partial charge is 0.395 e. The van der Waals surface area contributed by atoms with Gasteiger partial charge < -0.3 is 62.5 Å². The summed E-state index contributed by atoms with van der Waals surface area (Å²) in [5, 5.41) is 42.0. The van der Waals surface area contributed by atoms with Crippen molar-refractivity contribution in [3.8, 4) is 0 Å². The number of aliphatic hydroxyl groups excluding tert-OH is 2. The summed E-state index contributed by atoms with van der Waals surface area (Å²) in [4.78, 5) is 141. The van der Waals surface area contributed by atoms with E-state index in [4.69, 9.17) is 0 Å². The van der Waals surface area contributed by atoms with Gasteiger partial charge in [-0.2, -0.15) is 0 Å². The third-order valence-corrected chi connectivity index (χ3v) is 15.8. The number of unbranched alkanes of at least 4 members (excludes halogenated alkanes) is 5. The number of likely N-dealkylation sites (N-methyl/N-ethyl adjacent to an activating group) is 1. The average Bonchev–Trinajstić information content (AvgIpc) is 3.89. The molecule has 472 valence electrons. The highest BCUT2D eigenvalue weighted by molar-refractivity contribution is 6.00. The molecule has 1 aliphatic heterocycles. The van der Waals surface area contributed by atoms with E-state index in [0.717, 1.165) is 32.1 Å². The molecule has 0 saturated carbocycles. The summed E-state index contributed by atoms with van der Waals surface area (Å²) < 4.78 is 0. The fraction of sp³-hybridized carbons (Fsp3) is 0.833. The quantitative estimate of drug-likeness (QED) is 0.0394. The van der Waals surface area contributed by atoms with E-state index in [1.165, 1.54) is 54.9 Å². The van der Waals surface area contributed by atoms with Gasteiger partial charge in [0.25, 0.3) is 0 Å². The van der Waals surface area contributed by atoms with Crippen molar-refractivity contribution in [3.63, 3.8) is 0 Å². The van der Waals surface area contributed by atoms with Crippen LogP contribution in [0.1, 0.15) is 207 Å². The molecule has 82 heavy (non-hydrogen) atoms. The first-order chi connectivity index (χ1) is 38.1. The van der Waals surface area contributed by atoms with Crippen LogP contribution in [0.3, 0.4) is 0 Å². The maximum absolute atomic E-state index is 14.3. The summed E-state index contributed by atoms with van der Waals surface area (Å²) >= 11 is 0. The molecule has 1 heterocycles. The van der Waals surface area contributed by atoms with Crippen molar-refractivity contribution in [2.75, 3.05) is 33.3 Å². The van der Waals surface area contributed by atoms with Crippen molar-refractivity contribution >= 4 is 58.9 Å². The highest BCUT2D eigenvalue weighted by Gasteiger charge is 2.42. The third-order valence-electron chi connectivity index (χ3n) is 15.8. The van der Waals surface area contributed by atoms with Crippen molar-refractivity contribution in [3.05, 3.63) is 0 Å². The number of rotatable bonds is 39. The Morgan fingerprint density at radius 1 is 0.622 bits per heavy atom. The zero-order valence-electron chi connectivity index (χ0n) is 53.2. The highest BCUT2D eigenvalue weighted by atomic mass is 16.3. The van der Waals surface area contributed by atoms with Crippen LogP contribution >= 0.6 is 0 Å². The molecule has 22 nitrogen and oxygen atoms in total. The topological polar surface area (TPSA) is 314 Å². The molecule has 5 unspecified atom stereocenters. The number of nitrogens with zero attached hydrogens (tertiary/aromatic N) is 2. The maximum Gasteiger partial charge on any atom is 0.246 e. The predicted octanol–water partition coefficient (Wildman–Crippen LogP) is 3.68. The molecule has 1 rings (SSSR count). The van der Waals surface area contributed by atoms with Crippen molar-refractivity contribution in [1.29, 1.82) is 0 Å². The second-order valence-corrected chi connectivity index (χ2v) is 25.1. The standard InChI is InChI=1S/C60H110N10O12/c1-18-22-23-24-25-26-28-40(8)54(79)70-30-27-29-46(70)51(76)63-45(34-37(5)33-44(73)35-43(72)21-4)50(75)62-42(10)49(74)66-58(11,12)56(81)65-47(38(6)19-2)52(77)64-48(39(7)20-3)53(78)67-60(15,16)57(82)68-59(13,14)55(80)61-41(9)36-69(17)31-32-71/h37-42,44-48,71,73H,18-36H2,1-17H3,(H,61,80)(H,62,75)(H,63,76)(H,64,77)(H,65,81)(H,66,74)(H,67,78)(H,68,82)/t37?,38-,39-,40?,41?,42-,44?,45?,46-,47-,48-/m0/s1. The minimum absolute atomic E-state index is 0.0303. The highest BCUT2D eigenvalue weighted by Crippen LogP contribution is 2.25. The van der Waals surface area contributed by atoms with Gasteiger partial charge in [-0.15, -0.1) is 0 Å². The molecule has 0 aromatic heterocycles. The SMILES string of the molecule is CCCCCCCCC(C)C(=O)N1CCC[C@H]1C(=O)NC(CC(C)CC(O)CC(=O)CC)C(=O)N[C@@H](C)C(=O)NC(C)(C)C(=O)N[C@H](C(=O)N[C@H](C(=O)NC(C)(C)C(=O)NC(C)(C)C(=O)NC(C)CN(C)CCO)[C@@H](C)CC)[C@@H](C)CC. The van der Waals surface area contributed by atoms with Gasteiger partial charge >= 0.3 is 0 Å². The number of hydrogen-bond donors (Lipinski definition) is 10. The van der Waals surface area contributed by atoms with E-state index in [1.54, 1.807) is 46.6 Å². The molecule has 22 heteroatoms. The molecule has 0 radical (unpaired) electrons. The number of carbonyl (C=O) groups excluding carboxylic acids is 10. The zero-order chi connectivity index (χ0) is 62.9. The molecule has 11 atom stereocenters. The summed E-state index contributed by atoms with van der Waals surface area (Å²) in [7, 11) is 1.80. The number of ketones is 1. The van der Waals surface area contributed by atoms with Crippen molar-refractivity contribution in [2.24, 2.45) is 23.7 Å². The van der Waals surface area contributed by atoms with Crippen molar-refractivity contribution in [1.82, 2.24) is 52.3 Å². The van der Waals surface area contributed by atoms with Gasteiger partial charge in [-0.3, -0.25) is 47.9 Å². The predicted molar refractivity (Wildman–Crippen MR) is 317 cm³/mol. The van der Waals surface area contributed by atoms with E-state index >= 15 is 0 Å². The molecule has 1 aliphatic rings. The molecule has 1 fully saturated rings. The lowest BCUT2D eigenvalue weighted by atomic mass is 9.92. The molecular weight excluding hydrogens is 1050 g/mol. The molecule has 1 saturated heterocycles. The lowest BCUT2D eigenvalue weighted by molar-refractivity contribution is -0.142. The number of likely N-dealkylation sites (tertiary alicyclic amines) is 1. The molecule has 0 aromatic carbocycles. The number of Topliss-reactive ketones (excluding diaryl/α,β-unsaturated/α-hetero) is 1. The number of amides is 9. The van der Waals surface area contributed by atoms with E-state index < -0.39 is 112 Å². The third kappa shape index (κ3) is 25.3. The second kappa shape index (κ2) is 35.8. The van der Waals surface area contributed by atoms with Crippen LogP contribution in [0.15, 0.2) is 0 Å². The first-order valence-corrected chi connectivity index (χ1v) is 30.4. The van der Waals surface area contributed by atoms with Crippen LogP contribution in [0.4, 0.5) is 0 Å². The van der Waals surface area contributed by atoms with Crippen LogP contribution in [-0.4, -0.2) is 171 Å². The van der Waals surface area contributed by atoms with Crippen molar-refractivity contribution < 1.29 is 58.2 Å². The van der Waals surface area contributed by atoms with Crippen LogP contribution in [0.5, 0.6) is 0 Å². The molecule has 0 aromatic rings. The molecule has 0 spiro atoms. The maximum atomic E-state index is 14.3. The second-order valence-electron chi connectivity index (χ2n) is 25.1. The van der Waals surface area contributed by atoms with Gasteiger partial charge in [0.05, 0.1) is 12.7 Å². The molecule has 0 bridgehead atoms. The van der Waals surface area contributed by atoms with E-state index in [0.29, 0.717) is 51.7 Å². The van der Waals surface area contributed by atoms with E-state index in [-0.39, 0.29) is 61.9 Å². The van der Waals surface area contributed by atoms with Gasteiger partial charge in [0.1, 0.15) is 52.6 Å². The molecule has 9 amide bonds. The summed E-state index contributed by atoms with van der Waals surface area (Å²) in [6.07, 6.45) is 8.50. The van der Waals surface area contributed by atoms with Crippen LogP contribution in [0.25, 0.3) is 0 Å². The Labute approximate surface area is 490 Å². The van der Waals surface area contributed by atoms with Crippen LogP contribution in [0.2, 0.25) is 0 Å². The van der Waals surface area contributed by atoms with E-state index in [1.807, 2.05) is 25.7 Å². The zero-order valence-corrected chi connectivity index (χ0v) is 53.2. The van der Waals surface area contributed by atoms with Gasteiger partial charge in [-0.25, -0.2) is 0 Å². The Kier molecular flexibility index (Phi) is 32.7. The van der Waals surface area contributed by atoms with Crippen LogP contribution in [-0.2, 0) is 47.9 Å². The van der Waals surface area contributed by atoms with Crippen LogP contribution in [0, 0.1) is 23.7 Å². The lowest BCUT2D eigenvalue weighted by Crippen LogP contribution is -2.66. The number of hydrogen-bond acceptors (Lipinski definition) is 13. The van der Waals surface area contributed by atoms with Gasteiger partial charge in [0.2, 0.25) is 53.2 Å². The minimum Gasteiger partial charge on any atom is -0.395 e. The van der Waals surface area contributed by atoms with Crippen molar-refractivity contribution in [2.45, 2.75) is 266 Å². The molecule has 0 aliphatic carbocycles. The summed E-state index contributed by atoms with van der Waals surface area (Å²) in [6.45, 7) is 28.0. The van der Waals surface area contributed by atoms with E-state index in [2.05, 4.69) is 49.5 Å². The number of nitrogens with one attached hydrogen (secondary N) is 8. The Balaban J connectivity index is 3.27. The monoisotopic (exact) mass is 1160 g/mol. The Morgan fingerprint density at radius 2 is 1.16 bits per heavy atom. The molecular formula is C60H110N10O12. The Hall–Kier alpha value is -5.22. The first kappa shape index (κ1) is 74.8. The Morgan fingerprint density at radius 3 is 1.73 bits per heavy atom. The summed E-state index contributed by atoms with van der Waals surface area (Å²) in [5.41, 5.74) is -4.64. The summed E-state index contributed by atoms with van der Waals surface area (Å²) in [5.74, 6) is -7.09. The lowest BCUT2D eigenvalue weighted by Gasteiger charge is -2.35. The van der Waals surface area contributed by atoms with Gasteiger partial charge in [-0.05, 0) is 112 Å². The first-order valence-electron chi connectivity index (χ1n) is 30.4. The minimum atomic E-state index is -1.68. The number of carbonyl (C=O) groups is 10. The average molecular weight is 1160 g/mol. The number of aliphatic hydroxyl groups is 2. The Bertz CT molecular complexity index is 2100. The fourth-order valence-corrected chi connectivity index (χ4v) is 9.83. The van der Waals surface area contributed by atoms with E-state index in [9.17, 15) is 58.2 Å². The fourth-order valence-electron chi connectivity index (χ4n) is 9.83.